The maximum atomic E-state index is 4.29. The van der Waals surface area contributed by atoms with Gasteiger partial charge in [-0.05, 0) is 37.5 Å². The first-order valence-electron chi connectivity index (χ1n) is 7.00. The van der Waals surface area contributed by atoms with E-state index in [1.807, 2.05) is 12.5 Å². The van der Waals surface area contributed by atoms with Gasteiger partial charge in [0, 0.05) is 24.8 Å². The molecule has 17 heavy (non-hydrogen) atoms. The summed E-state index contributed by atoms with van der Waals surface area (Å²) in [4.78, 5) is 4.29. The highest BCUT2D eigenvalue weighted by Gasteiger charge is 2.30. The first-order valence-corrected chi connectivity index (χ1v) is 7.00. The SMILES string of the molecule is CC1CCC(NCc2cncn2C2CC2)C1C. The lowest BCUT2D eigenvalue weighted by Gasteiger charge is -2.20. The van der Waals surface area contributed by atoms with Crippen molar-refractivity contribution in [3.8, 4) is 0 Å². The topological polar surface area (TPSA) is 29.9 Å². The van der Waals surface area contributed by atoms with Gasteiger partial charge >= 0.3 is 0 Å². The molecule has 0 bridgehead atoms. The Hall–Kier alpha value is -0.830. The van der Waals surface area contributed by atoms with Crippen molar-refractivity contribution in [1.29, 1.82) is 0 Å². The lowest BCUT2D eigenvalue weighted by atomic mass is 9.98. The average Bonchev–Trinajstić information content (AvgIpc) is 2.99. The van der Waals surface area contributed by atoms with Gasteiger partial charge in [-0.2, -0.15) is 0 Å². The Balaban J connectivity index is 1.58. The number of rotatable bonds is 4. The number of nitrogens with one attached hydrogen (secondary N) is 1. The molecule has 0 aromatic carbocycles. The molecule has 2 fully saturated rings. The number of hydrogen-bond acceptors (Lipinski definition) is 2. The zero-order valence-electron chi connectivity index (χ0n) is 10.9. The smallest absolute Gasteiger partial charge is 0.0951 e. The minimum Gasteiger partial charge on any atom is -0.330 e. The van der Waals surface area contributed by atoms with Crippen molar-refractivity contribution >= 4 is 0 Å². The number of aromatic nitrogens is 2. The molecule has 3 rings (SSSR count). The average molecular weight is 233 g/mol. The van der Waals surface area contributed by atoms with Gasteiger partial charge in [-0.1, -0.05) is 13.8 Å². The summed E-state index contributed by atoms with van der Waals surface area (Å²) in [5.74, 6) is 1.69. The molecule has 0 spiro atoms. The van der Waals surface area contributed by atoms with Crippen LogP contribution in [0.15, 0.2) is 12.5 Å². The zero-order valence-corrected chi connectivity index (χ0v) is 10.9. The Morgan fingerprint density at radius 3 is 2.76 bits per heavy atom. The second-order valence-corrected chi connectivity index (χ2v) is 5.92. The maximum Gasteiger partial charge on any atom is 0.0951 e. The van der Waals surface area contributed by atoms with Gasteiger partial charge in [0.2, 0.25) is 0 Å². The molecule has 0 saturated heterocycles. The van der Waals surface area contributed by atoms with Crippen LogP contribution in [0.4, 0.5) is 0 Å². The van der Waals surface area contributed by atoms with Crippen LogP contribution in [-0.4, -0.2) is 15.6 Å². The first kappa shape index (κ1) is 11.3. The lowest BCUT2D eigenvalue weighted by molar-refractivity contribution is 0.366. The molecule has 2 aliphatic carbocycles. The van der Waals surface area contributed by atoms with Crippen LogP contribution in [0.2, 0.25) is 0 Å². The fourth-order valence-electron chi connectivity index (χ4n) is 3.04. The minimum absolute atomic E-state index is 0.701. The van der Waals surface area contributed by atoms with E-state index in [1.165, 1.54) is 31.4 Å². The number of nitrogens with zero attached hydrogens (tertiary/aromatic N) is 2. The van der Waals surface area contributed by atoms with E-state index in [1.54, 1.807) is 0 Å². The Morgan fingerprint density at radius 1 is 1.29 bits per heavy atom. The first-order chi connectivity index (χ1) is 8.25. The highest BCUT2D eigenvalue weighted by molar-refractivity contribution is 5.04. The molecule has 0 radical (unpaired) electrons. The monoisotopic (exact) mass is 233 g/mol. The van der Waals surface area contributed by atoms with Gasteiger partial charge in [0.05, 0.1) is 12.0 Å². The van der Waals surface area contributed by atoms with Crippen molar-refractivity contribution in [2.75, 3.05) is 0 Å². The standard InChI is InChI=1S/C14H23N3/c1-10-3-6-14(11(10)2)16-8-13-7-15-9-17(13)12-4-5-12/h7,9-12,14,16H,3-6,8H2,1-2H3. The predicted octanol–water partition coefficient (Wildman–Crippen LogP) is 2.74. The highest BCUT2D eigenvalue weighted by Crippen LogP contribution is 2.36. The van der Waals surface area contributed by atoms with Crippen LogP contribution in [0, 0.1) is 11.8 Å². The van der Waals surface area contributed by atoms with Crippen molar-refractivity contribution in [3.63, 3.8) is 0 Å². The molecule has 3 heteroatoms. The predicted molar refractivity (Wildman–Crippen MR) is 68.7 cm³/mol. The Bertz CT molecular complexity index is 381. The summed E-state index contributed by atoms with van der Waals surface area (Å²) in [6, 6.07) is 1.45. The van der Waals surface area contributed by atoms with Gasteiger partial charge in [0.15, 0.2) is 0 Å². The van der Waals surface area contributed by atoms with Crippen molar-refractivity contribution < 1.29 is 0 Å². The zero-order chi connectivity index (χ0) is 11.8. The third kappa shape index (κ3) is 2.25. The lowest BCUT2D eigenvalue weighted by Crippen LogP contribution is -2.32. The van der Waals surface area contributed by atoms with Crippen LogP contribution < -0.4 is 5.32 Å². The van der Waals surface area contributed by atoms with Crippen LogP contribution in [-0.2, 0) is 6.54 Å². The third-order valence-electron chi connectivity index (χ3n) is 4.70. The summed E-state index contributed by atoms with van der Waals surface area (Å²) >= 11 is 0. The summed E-state index contributed by atoms with van der Waals surface area (Å²) in [5.41, 5.74) is 1.36. The van der Waals surface area contributed by atoms with E-state index in [2.05, 4.69) is 28.7 Å². The summed E-state index contributed by atoms with van der Waals surface area (Å²) in [5, 5.41) is 3.73. The van der Waals surface area contributed by atoms with Gasteiger partial charge in [0.1, 0.15) is 0 Å². The highest BCUT2D eigenvalue weighted by atomic mass is 15.1. The van der Waals surface area contributed by atoms with Gasteiger partial charge in [-0.25, -0.2) is 4.98 Å². The van der Waals surface area contributed by atoms with Crippen LogP contribution in [0.25, 0.3) is 0 Å². The molecule has 1 aromatic heterocycles. The second-order valence-electron chi connectivity index (χ2n) is 5.92. The van der Waals surface area contributed by atoms with E-state index in [4.69, 9.17) is 0 Å². The molecule has 3 nitrogen and oxygen atoms in total. The van der Waals surface area contributed by atoms with E-state index in [0.717, 1.165) is 24.4 Å². The Kier molecular flexibility index (Phi) is 2.95. The molecule has 0 amide bonds. The van der Waals surface area contributed by atoms with E-state index in [0.29, 0.717) is 6.04 Å². The molecule has 2 saturated carbocycles. The summed E-state index contributed by atoms with van der Waals surface area (Å²) in [6.07, 6.45) is 9.39. The molecule has 3 unspecified atom stereocenters. The van der Waals surface area contributed by atoms with E-state index in [-0.39, 0.29) is 0 Å². The van der Waals surface area contributed by atoms with Crippen molar-refractivity contribution in [2.24, 2.45) is 11.8 Å². The van der Waals surface area contributed by atoms with Crippen molar-refractivity contribution in [3.05, 3.63) is 18.2 Å². The Morgan fingerprint density at radius 2 is 2.12 bits per heavy atom. The maximum absolute atomic E-state index is 4.29. The summed E-state index contributed by atoms with van der Waals surface area (Å²) < 4.78 is 2.36. The molecular formula is C14H23N3. The van der Waals surface area contributed by atoms with E-state index < -0.39 is 0 Å². The largest absolute Gasteiger partial charge is 0.330 e. The van der Waals surface area contributed by atoms with Crippen molar-refractivity contribution in [2.45, 2.75) is 58.2 Å². The van der Waals surface area contributed by atoms with Crippen LogP contribution in [0.5, 0.6) is 0 Å². The molecular weight excluding hydrogens is 210 g/mol. The molecule has 94 valence electrons. The fourth-order valence-corrected chi connectivity index (χ4v) is 3.04. The van der Waals surface area contributed by atoms with Crippen LogP contribution >= 0.6 is 0 Å². The van der Waals surface area contributed by atoms with Gasteiger partial charge < -0.3 is 9.88 Å². The van der Waals surface area contributed by atoms with E-state index >= 15 is 0 Å². The van der Waals surface area contributed by atoms with E-state index in [9.17, 15) is 0 Å². The summed E-state index contributed by atoms with van der Waals surface area (Å²) in [6.45, 7) is 5.74. The number of hydrogen-bond donors (Lipinski definition) is 1. The second kappa shape index (κ2) is 4.45. The molecule has 0 aliphatic heterocycles. The van der Waals surface area contributed by atoms with Crippen LogP contribution in [0.3, 0.4) is 0 Å². The third-order valence-corrected chi connectivity index (χ3v) is 4.70. The molecule has 3 atom stereocenters. The molecule has 1 aromatic rings. The molecule has 1 N–H and O–H groups in total. The van der Waals surface area contributed by atoms with Gasteiger partial charge in [-0.3, -0.25) is 0 Å². The van der Waals surface area contributed by atoms with Crippen molar-refractivity contribution in [1.82, 2.24) is 14.9 Å². The Labute approximate surface area is 104 Å². The van der Waals surface area contributed by atoms with Gasteiger partial charge in [-0.15, -0.1) is 0 Å². The quantitative estimate of drug-likeness (QED) is 0.866. The molecule has 1 heterocycles. The fraction of sp³-hybridized carbons (Fsp3) is 0.786. The molecule has 2 aliphatic rings. The number of imidazole rings is 1. The summed E-state index contributed by atoms with van der Waals surface area (Å²) in [7, 11) is 0. The van der Waals surface area contributed by atoms with Gasteiger partial charge in [0.25, 0.3) is 0 Å². The van der Waals surface area contributed by atoms with Crippen LogP contribution in [0.1, 0.15) is 51.3 Å². The minimum atomic E-state index is 0.701. The normalized spacial score (nSPS) is 33.2.